The van der Waals surface area contributed by atoms with Crippen molar-refractivity contribution in [3.8, 4) is 0 Å². The second-order valence-corrected chi connectivity index (χ2v) is 9.50. The molecule has 33 heavy (non-hydrogen) atoms. The Hall–Kier alpha value is -2.87. The van der Waals surface area contributed by atoms with Gasteiger partial charge in [-0.2, -0.15) is 5.10 Å². The van der Waals surface area contributed by atoms with E-state index in [0.29, 0.717) is 42.3 Å². The Morgan fingerprint density at radius 1 is 1.03 bits per heavy atom. The number of nitrogens with one attached hydrogen (secondary N) is 2. The summed E-state index contributed by atoms with van der Waals surface area (Å²) in [6, 6.07) is 6.46. The van der Waals surface area contributed by atoms with Crippen molar-refractivity contribution in [3.05, 3.63) is 40.7 Å². The maximum atomic E-state index is 12.7. The van der Waals surface area contributed by atoms with Crippen LogP contribution in [0.3, 0.4) is 0 Å². The molecule has 1 aromatic carbocycles. The molecule has 2 fully saturated rings. The highest BCUT2D eigenvalue weighted by atomic mass is 35.5. The molecule has 0 bridgehead atoms. The quantitative estimate of drug-likeness (QED) is 0.666. The third kappa shape index (κ3) is 5.38. The molecule has 4 rings (SSSR count). The van der Waals surface area contributed by atoms with E-state index < -0.39 is 6.04 Å². The van der Waals surface area contributed by atoms with Gasteiger partial charge in [0.25, 0.3) is 0 Å². The number of halogens is 1. The van der Waals surface area contributed by atoms with Crippen LogP contribution in [-0.2, 0) is 14.4 Å². The van der Waals surface area contributed by atoms with Crippen LogP contribution < -0.4 is 10.6 Å². The molecule has 2 aliphatic rings. The molecule has 2 N–H and O–H groups in total. The number of anilines is 2. The summed E-state index contributed by atoms with van der Waals surface area (Å²) < 4.78 is 1.68. The van der Waals surface area contributed by atoms with Crippen molar-refractivity contribution in [2.75, 3.05) is 23.7 Å². The number of piperidine rings is 1. The molecule has 1 aliphatic heterocycles. The van der Waals surface area contributed by atoms with Crippen molar-refractivity contribution in [1.29, 1.82) is 0 Å². The number of amides is 3. The smallest absolute Gasteiger partial charge is 0.248 e. The van der Waals surface area contributed by atoms with Gasteiger partial charge < -0.3 is 15.5 Å². The number of carbonyl (C=O) groups excluding carboxylic acids is 3. The topological polar surface area (TPSA) is 96.3 Å². The van der Waals surface area contributed by atoms with Gasteiger partial charge in [-0.1, -0.05) is 11.6 Å². The zero-order valence-corrected chi connectivity index (χ0v) is 20.0. The predicted octanol–water partition coefficient (Wildman–Crippen LogP) is 3.94. The largest absolute Gasteiger partial charge is 0.342 e. The lowest BCUT2D eigenvalue weighted by molar-refractivity contribution is -0.135. The van der Waals surface area contributed by atoms with Crippen LogP contribution in [-0.4, -0.2) is 45.5 Å². The van der Waals surface area contributed by atoms with Crippen LogP contribution >= 0.6 is 11.6 Å². The number of carbonyl (C=O) groups is 3. The van der Waals surface area contributed by atoms with Crippen LogP contribution in [0.25, 0.3) is 0 Å². The summed E-state index contributed by atoms with van der Waals surface area (Å²) in [4.78, 5) is 39.5. The molecule has 1 unspecified atom stereocenters. The maximum Gasteiger partial charge on any atom is 0.248 e. The summed E-state index contributed by atoms with van der Waals surface area (Å²) in [5, 5.41) is 10.5. The number of aromatic nitrogens is 2. The van der Waals surface area contributed by atoms with Crippen LogP contribution in [0.1, 0.15) is 50.0 Å². The third-order valence-electron chi connectivity index (χ3n) is 6.39. The lowest BCUT2D eigenvalue weighted by Crippen LogP contribution is -2.42. The van der Waals surface area contributed by atoms with Gasteiger partial charge in [-0.05, 0) is 70.7 Å². The second kappa shape index (κ2) is 9.55. The molecule has 176 valence electrons. The van der Waals surface area contributed by atoms with Gasteiger partial charge in [0.1, 0.15) is 6.04 Å². The Balaban J connectivity index is 1.31. The molecule has 8 nitrogen and oxygen atoms in total. The van der Waals surface area contributed by atoms with Crippen molar-refractivity contribution in [2.45, 2.75) is 52.5 Å². The molecular formula is C24H30ClN5O3. The fourth-order valence-corrected chi connectivity index (χ4v) is 4.50. The standard InChI is InChI=1S/C24H30ClN5O3/c1-14-12-15(2)30(28-14)16(3)22(31)27-21-7-6-19(13-20(21)25)26-23(32)17-8-10-29(11-9-17)24(33)18-4-5-18/h6-7,12-13,16-18H,4-5,8-11H2,1-3H3,(H,26,32)(H,27,31). The first-order valence-electron chi connectivity index (χ1n) is 11.5. The molecule has 2 aromatic rings. The average molecular weight is 472 g/mol. The molecule has 0 radical (unpaired) electrons. The first-order chi connectivity index (χ1) is 15.7. The van der Waals surface area contributed by atoms with Gasteiger partial charge in [-0.3, -0.25) is 19.1 Å². The van der Waals surface area contributed by atoms with Crippen LogP contribution in [0.15, 0.2) is 24.3 Å². The fourth-order valence-electron chi connectivity index (χ4n) is 4.28. The van der Waals surface area contributed by atoms with Crippen LogP contribution in [0.5, 0.6) is 0 Å². The van der Waals surface area contributed by atoms with Crippen molar-refractivity contribution < 1.29 is 14.4 Å². The number of likely N-dealkylation sites (tertiary alicyclic amines) is 1. The first-order valence-corrected chi connectivity index (χ1v) is 11.8. The van der Waals surface area contributed by atoms with Gasteiger partial charge in [0, 0.05) is 36.3 Å². The predicted molar refractivity (Wildman–Crippen MR) is 127 cm³/mol. The van der Waals surface area contributed by atoms with E-state index in [4.69, 9.17) is 11.6 Å². The van der Waals surface area contributed by atoms with E-state index in [1.807, 2.05) is 24.8 Å². The molecule has 3 amide bonds. The Morgan fingerprint density at radius 2 is 1.73 bits per heavy atom. The molecule has 0 spiro atoms. The number of hydrogen-bond acceptors (Lipinski definition) is 4. The van der Waals surface area contributed by atoms with E-state index in [1.165, 1.54) is 0 Å². The summed E-state index contributed by atoms with van der Waals surface area (Å²) in [5.41, 5.74) is 2.80. The molecule has 1 saturated carbocycles. The van der Waals surface area contributed by atoms with E-state index in [0.717, 1.165) is 24.2 Å². The van der Waals surface area contributed by atoms with Gasteiger partial charge in [0.2, 0.25) is 17.7 Å². The fraction of sp³-hybridized carbons (Fsp3) is 0.500. The van der Waals surface area contributed by atoms with Crippen molar-refractivity contribution in [3.63, 3.8) is 0 Å². The Bertz CT molecular complexity index is 1070. The van der Waals surface area contributed by atoms with Crippen LogP contribution in [0.2, 0.25) is 5.02 Å². The van der Waals surface area contributed by atoms with Crippen molar-refractivity contribution in [1.82, 2.24) is 14.7 Å². The minimum Gasteiger partial charge on any atom is -0.342 e. The van der Waals surface area contributed by atoms with Gasteiger partial charge in [0.15, 0.2) is 0 Å². The molecule has 1 aromatic heterocycles. The van der Waals surface area contributed by atoms with E-state index in [2.05, 4.69) is 15.7 Å². The zero-order valence-electron chi connectivity index (χ0n) is 19.2. The number of hydrogen-bond donors (Lipinski definition) is 2. The summed E-state index contributed by atoms with van der Waals surface area (Å²) >= 11 is 6.39. The second-order valence-electron chi connectivity index (χ2n) is 9.09. The van der Waals surface area contributed by atoms with E-state index in [-0.39, 0.29) is 29.6 Å². The lowest BCUT2D eigenvalue weighted by atomic mass is 9.95. The highest BCUT2D eigenvalue weighted by molar-refractivity contribution is 6.34. The maximum absolute atomic E-state index is 12.7. The lowest BCUT2D eigenvalue weighted by Gasteiger charge is -2.31. The minimum absolute atomic E-state index is 0.0699. The van der Waals surface area contributed by atoms with Crippen molar-refractivity contribution >= 4 is 40.7 Å². The van der Waals surface area contributed by atoms with E-state index >= 15 is 0 Å². The third-order valence-corrected chi connectivity index (χ3v) is 6.70. The number of aryl methyl sites for hydroxylation is 2. The van der Waals surface area contributed by atoms with Gasteiger partial charge in [0.05, 0.1) is 16.4 Å². The van der Waals surface area contributed by atoms with Crippen LogP contribution in [0.4, 0.5) is 11.4 Å². The van der Waals surface area contributed by atoms with E-state index in [9.17, 15) is 14.4 Å². The number of benzene rings is 1. The van der Waals surface area contributed by atoms with Gasteiger partial charge in [-0.15, -0.1) is 0 Å². The van der Waals surface area contributed by atoms with Crippen molar-refractivity contribution in [2.24, 2.45) is 11.8 Å². The number of nitrogens with zero attached hydrogens (tertiary/aromatic N) is 3. The molecule has 2 heterocycles. The Labute approximate surface area is 198 Å². The Morgan fingerprint density at radius 3 is 2.30 bits per heavy atom. The van der Waals surface area contributed by atoms with E-state index in [1.54, 1.807) is 29.8 Å². The van der Waals surface area contributed by atoms with Gasteiger partial charge in [-0.25, -0.2) is 0 Å². The SMILES string of the molecule is Cc1cc(C)n(C(C)C(=O)Nc2ccc(NC(=O)C3CCN(C(=O)C4CC4)CC3)cc2Cl)n1. The summed E-state index contributed by atoms with van der Waals surface area (Å²) in [5.74, 6) is 0.0255. The molecule has 1 aliphatic carbocycles. The Kier molecular flexibility index (Phi) is 6.74. The highest BCUT2D eigenvalue weighted by Gasteiger charge is 2.36. The minimum atomic E-state index is -0.494. The molecule has 1 atom stereocenters. The molecule has 1 saturated heterocycles. The molecule has 9 heteroatoms. The monoisotopic (exact) mass is 471 g/mol. The van der Waals surface area contributed by atoms with Gasteiger partial charge >= 0.3 is 0 Å². The summed E-state index contributed by atoms with van der Waals surface area (Å²) in [6.45, 7) is 6.83. The normalized spacial score (nSPS) is 17.5. The zero-order chi connectivity index (χ0) is 23.7. The summed E-state index contributed by atoms with van der Waals surface area (Å²) in [6.07, 6.45) is 3.32. The molecular weight excluding hydrogens is 442 g/mol. The first kappa shape index (κ1) is 23.3. The number of rotatable bonds is 6. The average Bonchev–Trinajstić information content (AvgIpc) is 3.58. The highest BCUT2D eigenvalue weighted by Crippen LogP contribution is 2.33. The summed E-state index contributed by atoms with van der Waals surface area (Å²) in [7, 11) is 0. The van der Waals surface area contributed by atoms with Crippen LogP contribution in [0, 0.1) is 25.7 Å².